The van der Waals surface area contributed by atoms with Crippen LogP contribution < -0.4 is 0 Å². The Kier molecular flexibility index (Phi) is 4.79. The first kappa shape index (κ1) is 11.0. The monoisotopic (exact) mass is 184 g/mol. The Morgan fingerprint density at radius 3 is 2.46 bits per heavy atom. The van der Waals surface area contributed by atoms with Crippen LogP contribution in [0.15, 0.2) is 0 Å². The third kappa shape index (κ3) is 3.68. The molecule has 1 rings (SSSR count). The van der Waals surface area contributed by atoms with Gasteiger partial charge in [0.05, 0.1) is 12.2 Å². The molecule has 0 spiro atoms. The molecule has 3 atom stereocenters. The van der Waals surface area contributed by atoms with Crippen LogP contribution in [0, 0.1) is 5.92 Å². The molecule has 1 nitrogen and oxygen atoms in total. The topological polar surface area (TPSA) is 9.23 Å². The van der Waals surface area contributed by atoms with E-state index in [2.05, 4.69) is 20.8 Å². The minimum Gasteiger partial charge on any atom is -0.375 e. The lowest BCUT2D eigenvalue weighted by molar-refractivity contribution is 0.0547. The van der Waals surface area contributed by atoms with Gasteiger partial charge in [0.2, 0.25) is 0 Å². The molecule has 1 aliphatic rings. The average molecular weight is 184 g/mol. The van der Waals surface area contributed by atoms with Crippen LogP contribution >= 0.6 is 0 Å². The molecule has 0 aliphatic carbocycles. The largest absolute Gasteiger partial charge is 0.375 e. The van der Waals surface area contributed by atoms with E-state index in [0.717, 1.165) is 5.92 Å². The third-order valence-electron chi connectivity index (χ3n) is 3.17. The van der Waals surface area contributed by atoms with Gasteiger partial charge in [-0.3, -0.25) is 0 Å². The third-order valence-corrected chi connectivity index (χ3v) is 3.17. The van der Waals surface area contributed by atoms with Crippen molar-refractivity contribution in [1.82, 2.24) is 0 Å². The van der Waals surface area contributed by atoms with Crippen molar-refractivity contribution >= 4 is 0 Å². The highest BCUT2D eigenvalue weighted by molar-refractivity contribution is 4.77. The summed E-state index contributed by atoms with van der Waals surface area (Å²) in [6, 6.07) is 0. The lowest BCUT2D eigenvalue weighted by Gasteiger charge is -2.12. The van der Waals surface area contributed by atoms with Crippen LogP contribution in [0.3, 0.4) is 0 Å². The van der Waals surface area contributed by atoms with Crippen LogP contribution in [0.2, 0.25) is 0 Å². The molecule has 13 heavy (non-hydrogen) atoms. The van der Waals surface area contributed by atoms with Crippen molar-refractivity contribution in [2.45, 2.75) is 71.5 Å². The summed E-state index contributed by atoms with van der Waals surface area (Å²) in [4.78, 5) is 0. The summed E-state index contributed by atoms with van der Waals surface area (Å²) in [7, 11) is 0. The van der Waals surface area contributed by atoms with E-state index in [9.17, 15) is 0 Å². The average Bonchev–Trinajstić information content (AvgIpc) is 2.39. The molecule has 1 heterocycles. The van der Waals surface area contributed by atoms with E-state index in [1.54, 1.807) is 0 Å². The Balaban J connectivity index is 2.07. The van der Waals surface area contributed by atoms with Crippen LogP contribution in [-0.2, 0) is 4.74 Å². The van der Waals surface area contributed by atoms with Gasteiger partial charge in [0.1, 0.15) is 0 Å². The van der Waals surface area contributed by atoms with Crippen LogP contribution in [0.25, 0.3) is 0 Å². The quantitative estimate of drug-likeness (QED) is 0.591. The van der Waals surface area contributed by atoms with Crippen molar-refractivity contribution < 1.29 is 4.74 Å². The van der Waals surface area contributed by atoms with Crippen molar-refractivity contribution in [3.63, 3.8) is 0 Å². The fourth-order valence-corrected chi connectivity index (χ4v) is 2.34. The molecular weight excluding hydrogens is 160 g/mol. The smallest absolute Gasteiger partial charge is 0.0579 e. The molecule has 78 valence electrons. The number of ether oxygens (including phenoxy) is 1. The maximum absolute atomic E-state index is 5.73. The fourth-order valence-electron chi connectivity index (χ4n) is 2.34. The van der Waals surface area contributed by atoms with Crippen molar-refractivity contribution in [3.05, 3.63) is 0 Å². The summed E-state index contributed by atoms with van der Waals surface area (Å²) in [6.07, 6.45) is 9.24. The Hall–Kier alpha value is -0.0400. The number of unbranched alkanes of at least 4 members (excludes halogenated alkanes) is 3. The van der Waals surface area contributed by atoms with Crippen LogP contribution in [0.5, 0.6) is 0 Å². The van der Waals surface area contributed by atoms with Gasteiger partial charge in [0.25, 0.3) is 0 Å². The summed E-state index contributed by atoms with van der Waals surface area (Å²) in [6.45, 7) is 6.69. The summed E-state index contributed by atoms with van der Waals surface area (Å²) >= 11 is 0. The zero-order chi connectivity index (χ0) is 9.68. The molecule has 1 heteroatoms. The maximum atomic E-state index is 5.73. The predicted octanol–water partition coefficient (Wildman–Crippen LogP) is 3.77. The van der Waals surface area contributed by atoms with Crippen LogP contribution in [-0.4, -0.2) is 12.2 Å². The Morgan fingerprint density at radius 2 is 1.92 bits per heavy atom. The summed E-state index contributed by atoms with van der Waals surface area (Å²) in [5.74, 6) is 0.840. The first-order chi connectivity index (χ1) is 6.24. The maximum Gasteiger partial charge on any atom is 0.0579 e. The fraction of sp³-hybridized carbons (Fsp3) is 1.00. The van der Waals surface area contributed by atoms with E-state index >= 15 is 0 Å². The van der Waals surface area contributed by atoms with Gasteiger partial charge in [0.15, 0.2) is 0 Å². The molecule has 0 amide bonds. The van der Waals surface area contributed by atoms with Gasteiger partial charge in [0, 0.05) is 0 Å². The van der Waals surface area contributed by atoms with Gasteiger partial charge in [-0.25, -0.2) is 0 Å². The second-order valence-electron chi connectivity index (χ2n) is 4.50. The van der Waals surface area contributed by atoms with E-state index < -0.39 is 0 Å². The zero-order valence-electron chi connectivity index (χ0n) is 9.38. The Bertz CT molecular complexity index is 133. The highest BCUT2D eigenvalue weighted by atomic mass is 16.5. The van der Waals surface area contributed by atoms with E-state index in [1.807, 2.05) is 0 Å². The van der Waals surface area contributed by atoms with Crippen molar-refractivity contribution in [3.8, 4) is 0 Å². The van der Waals surface area contributed by atoms with Crippen LogP contribution in [0.1, 0.15) is 59.3 Å². The first-order valence-electron chi connectivity index (χ1n) is 5.89. The second kappa shape index (κ2) is 5.64. The van der Waals surface area contributed by atoms with Gasteiger partial charge in [-0.1, -0.05) is 32.6 Å². The number of rotatable bonds is 5. The van der Waals surface area contributed by atoms with E-state index in [4.69, 9.17) is 4.74 Å². The molecule has 0 aromatic carbocycles. The highest BCUT2D eigenvalue weighted by Gasteiger charge is 2.28. The number of hydrogen-bond acceptors (Lipinski definition) is 1. The van der Waals surface area contributed by atoms with Gasteiger partial charge < -0.3 is 4.74 Å². The summed E-state index contributed by atoms with van der Waals surface area (Å²) < 4.78 is 5.73. The summed E-state index contributed by atoms with van der Waals surface area (Å²) in [5.41, 5.74) is 0. The molecule has 0 radical (unpaired) electrons. The van der Waals surface area contributed by atoms with Gasteiger partial charge >= 0.3 is 0 Å². The minimum absolute atomic E-state index is 0.506. The molecule has 1 saturated heterocycles. The first-order valence-corrected chi connectivity index (χ1v) is 5.89. The molecule has 0 aromatic rings. The minimum atomic E-state index is 0.506. The van der Waals surface area contributed by atoms with Crippen molar-refractivity contribution in [2.24, 2.45) is 5.92 Å². The normalized spacial score (nSPS) is 33.9. The molecule has 1 fully saturated rings. The molecule has 0 N–H and O–H groups in total. The lowest BCUT2D eigenvalue weighted by Crippen LogP contribution is -2.10. The summed E-state index contributed by atoms with van der Waals surface area (Å²) in [5, 5.41) is 0. The van der Waals surface area contributed by atoms with Crippen molar-refractivity contribution in [2.75, 3.05) is 0 Å². The number of hydrogen-bond donors (Lipinski definition) is 0. The van der Waals surface area contributed by atoms with Gasteiger partial charge in [-0.05, 0) is 32.6 Å². The second-order valence-corrected chi connectivity index (χ2v) is 4.50. The van der Waals surface area contributed by atoms with Gasteiger partial charge in [-0.2, -0.15) is 0 Å². The Labute approximate surface area is 82.9 Å². The lowest BCUT2D eigenvalue weighted by atomic mass is 9.94. The molecule has 1 aliphatic heterocycles. The zero-order valence-corrected chi connectivity index (χ0v) is 9.38. The van der Waals surface area contributed by atoms with E-state index in [-0.39, 0.29) is 0 Å². The van der Waals surface area contributed by atoms with Crippen LogP contribution in [0.4, 0.5) is 0 Å². The molecule has 0 bridgehead atoms. The van der Waals surface area contributed by atoms with Gasteiger partial charge in [-0.15, -0.1) is 0 Å². The molecule has 3 unspecified atom stereocenters. The Morgan fingerprint density at radius 1 is 1.15 bits per heavy atom. The molecular formula is C12H24O. The predicted molar refractivity (Wildman–Crippen MR) is 56.9 cm³/mol. The van der Waals surface area contributed by atoms with E-state index in [1.165, 1.54) is 38.5 Å². The highest BCUT2D eigenvalue weighted by Crippen LogP contribution is 2.30. The van der Waals surface area contributed by atoms with E-state index in [0.29, 0.717) is 12.2 Å². The molecule has 0 saturated carbocycles. The standard InChI is InChI=1S/C12H24O/c1-4-5-6-7-8-12-9-10(2)13-11(12)3/h10-12H,4-9H2,1-3H3. The van der Waals surface area contributed by atoms with Crippen molar-refractivity contribution in [1.29, 1.82) is 0 Å². The SMILES string of the molecule is CCCCCCC1CC(C)OC1C. The molecule has 0 aromatic heterocycles.